The molecule has 0 saturated heterocycles. The minimum Gasteiger partial charge on any atom is -0.456 e. The van der Waals surface area contributed by atoms with Crippen molar-refractivity contribution >= 4 is 43.5 Å². The molecule has 2 heterocycles. The van der Waals surface area contributed by atoms with Gasteiger partial charge in [-0.15, -0.1) is 0 Å². The lowest BCUT2D eigenvalue weighted by Gasteiger charge is -2.10. The summed E-state index contributed by atoms with van der Waals surface area (Å²) in [6.07, 6.45) is 0. The number of hydrogen-bond donors (Lipinski definition) is 0. The van der Waals surface area contributed by atoms with Gasteiger partial charge in [0.05, 0.1) is 0 Å². The molecule has 0 aliphatic heterocycles. The molecule has 0 radical (unpaired) electrons. The molecule has 0 N–H and O–H groups in total. The number of rotatable bonds is 4. The predicted octanol–water partition coefficient (Wildman–Crippen LogP) is 12.4. The van der Waals surface area contributed by atoms with E-state index in [1.54, 1.807) is 0 Å². The van der Waals surface area contributed by atoms with Crippen LogP contribution >= 0.6 is 0 Å². The average Bonchev–Trinajstić information content (AvgIpc) is 3.73. The van der Waals surface area contributed by atoms with Crippen LogP contribution in [0.5, 0.6) is 0 Å². The maximum Gasteiger partial charge on any atom is 0.164 e. The Labute approximate surface area is 293 Å². The van der Waals surface area contributed by atoms with Gasteiger partial charge in [0.2, 0.25) is 0 Å². The summed E-state index contributed by atoms with van der Waals surface area (Å²) >= 11 is 0. The summed E-state index contributed by atoms with van der Waals surface area (Å²) < 4.78 is 6.54. The van der Waals surface area contributed by atoms with Crippen molar-refractivity contribution in [1.29, 1.82) is 0 Å². The van der Waals surface area contributed by atoms with Crippen molar-refractivity contribution in [3.05, 3.63) is 164 Å². The zero-order valence-electron chi connectivity index (χ0n) is 27.3. The van der Waals surface area contributed by atoms with Crippen molar-refractivity contribution in [3.8, 4) is 67.5 Å². The zero-order chi connectivity index (χ0) is 33.5. The van der Waals surface area contributed by atoms with E-state index in [4.69, 9.17) is 19.4 Å². The Morgan fingerprint density at radius 2 is 0.882 bits per heavy atom. The highest BCUT2D eigenvalue weighted by atomic mass is 16.3. The van der Waals surface area contributed by atoms with Crippen molar-refractivity contribution in [3.63, 3.8) is 0 Å². The summed E-state index contributed by atoms with van der Waals surface area (Å²) in [5.41, 5.74) is 11.9. The molecule has 0 bridgehead atoms. The number of furan rings is 1. The van der Waals surface area contributed by atoms with Gasteiger partial charge < -0.3 is 4.42 Å². The van der Waals surface area contributed by atoms with Gasteiger partial charge in [-0.3, -0.25) is 0 Å². The fourth-order valence-electron chi connectivity index (χ4n) is 7.83. The first-order valence-electron chi connectivity index (χ1n) is 17.2. The molecule has 236 valence electrons. The van der Waals surface area contributed by atoms with Crippen LogP contribution in [0.2, 0.25) is 0 Å². The number of fused-ring (bicyclic) bond motifs is 7. The molecule has 8 aromatic carbocycles. The molecule has 0 saturated carbocycles. The first kappa shape index (κ1) is 28.0. The van der Waals surface area contributed by atoms with E-state index in [-0.39, 0.29) is 0 Å². The molecule has 1 aliphatic carbocycles. The SMILES string of the molecule is c1ccc(-c2nc(-c3ccc(-c4cccc5oc6cc7c(cc6c45)-c4cccc5cccc-7c45)cc3)nc(-c3ccc4ccccc4c3)n2)cc1. The number of hydrogen-bond acceptors (Lipinski definition) is 4. The quantitative estimate of drug-likeness (QED) is 0.190. The smallest absolute Gasteiger partial charge is 0.164 e. The second kappa shape index (κ2) is 10.8. The molecular formula is C47H27N3O. The molecule has 0 amide bonds. The summed E-state index contributed by atoms with van der Waals surface area (Å²) in [4.78, 5) is 14.9. The fourth-order valence-corrected chi connectivity index (χ4v) is 7.83. The fraction of sp³-hybridized carbons (Fsp3) is 0. The van der Waals surface area contributed by atoms with E-state index in [1.165, 1.54) is 38.4 Å². The van der Waals surface area contributed by atoms with Gasteiger partial charge in [-0.1, -0.05) is 140 Å². The molecule has 0 unspecified atom stereocenters. The summed E-state index contributed by atoms with van der Waals surface area (Å²) in [7, 11) is 0. The molecule has 51 heavy (non-hydrogen) atoms. The molecule has 2 aromatic heterocycles. The normalized spacial score (nSPS) is 11.9. The van der Waals surface area contributed by atoms with Crippen molar-refractivity contribution in [2.75, 3.05) is 0 Å². The highest BCUT2D eigenvalue weighted by molar-refractivity contribution is 6.20. The second-order valence-electron chi connectivity index (χ2n) is 13.2. The maximum absolute atomic E-state index is 6.54. The van der Waals surface area contributed by atoms with Gasteiger partial charge in [-0.25, -0.2) is 15.0 Å². The molecule has 10 aromatic rings. The number of nitrogens with zero attached hydrogens (tertiary/aromatic N) is 3. The maximum atomic E-state index is 6.54. The van der Waals surface area contributed by atoms with Gasteiger partial charge >= 0.3 is 0 Å². The van der Waals surface area contributed by atoms with Gasteiger partial charge in [0, 0.05) is 27.5 Å². The van der Waals surface area contributed by atoms with E-state index in [1.807, 2.05) is 30.3 Å². The van der Waals surface area contributed by atoms with Crippen LogP contribution in [0, 0.1) is 0 Å². The van der Waals surface area contributed by atoms with Crippen LogP contribution in [-0.4, -0.2) is 15.0 Å². The Bertz CT molecular complexity index is 3010. The molecule has 1 aliphatic rings. The van der Waals surface area contributed by atoms with E-state index >= 15 is 0 Å². The van der Waals surface area contributed by atoms with E-state index in [0.29, 0.717) is 17.5 Å². The van der Waals surface area contributed by atoms with Crippen LogP contribution in [0.25, 0.3) is 111 Å². The lowest BCUT2D eigenvalue weighted by atomic mass is 9.96. The number of aromatic nitrogens is 3. The van der Waals surface area contributed by atoms with E-state index in [0.717, 1.165) is 55.1 Å². The Morgan fingerprint density at radius 3 is 1.65 bits per heavy atom. The van der Waals surface area contributed by atoms with Crippen LogP contribution in [-0.2, 0) is 0 Å². The third kappa shape index (κ3) is 4.37. The van der Waals surface area contributed by atoms with Crippen LogP contribution in [0.1, 0.15) is 0 Å². The Morgan fingerprint density at radius 1 is 0.314 bits per heavy atom. The van der Waals surface area contributed by atoms with Gasteiger partial charge in [0.1, 0.15) is 11.2 Å². The van der Waals surface area contributed by atoms with Crippen LogP contribution < -0.4 is 0 Å². The highest BCUT2D eigenvalue weighted by Gasteiger charge is 2.24. The average molecular weight is 650 g/mol. The van der Waals surface area contributed by atoms with Gasteiger partial charge in [0.25, 0.3) is 0 Å². The molecule has 0 spiro atoms. The molecule has 0 atom stereocenters. The van der Waals surface area contributed by atoms with E-state index in [9.17, 15) is 0 Å². The third-order valence-corrected chi connectivity index (χ3v) is 10.2. The zero-order valence-corrected chi connectivity index (χ0v) is 27.3. The largest absolute Gasteiger partial charge is 0.456 e. The van der Waals surface area contributed by atoms with Gasteiger partial charge in [0.15, 0.2) is 17.5 Å². The second-order valence-corrected chi connectivity index (χ2v) is 13.2. The minimum absolute atomic E-state index is 0.634. The van der Waals surface area contributed by atoms with Crippen molar-refractivity contribution in [2.45, 2.75) is 0 Å². The first-order chi connectivity index (χ1) is 25.2. The molecule has 4 heteroatoms. The first-order valence-corrected chi connectivity index (χ1v) is 17.2. The monoisotopic (exact) mass is 649 g/mol. The van der Waals surface area contributed by atoms with Crippen molar-refractivity contribution in [1.82, 2.24) is 15.0 Å². The Hall–Kier alpha value is -6.91. The minimum atomic E-state index is 0.634. The Kier molecular flexibility index (Phi) is 5.92. The van der Waals surface area contributed by atoms with E-state index < -0.39 is 0 Å². The summed E-state index contributed by atoms with van der Waals surface area (Å²) in [5, 5.41) is 7.16. The van der Waals surface area contributed by atoms with Crippen molar-refractivity contribution < 1.29 is 4.42 Å². The molecule has 4 nitrogen and oxygen atoms in total. The summed E-state index contributed by atoms with van der Waals surface area (Å²) in [5.74, 6) is 1.93. The lowest BCUT2D eigenvalue weighted by Crippen LogP contribution is -2.00. The number of benzene rings is 8. The summed E-state index contributed by atoms with van der Waals surface area (Å²) in [6.45, 7) is 0. The van der Waals surface area contributed by atoms with Gasteiger partial charge in [-0.2, -0.15) is 0 Å². The van der Waals surface area contributed by atoms with Crippen LogP contribution in [0.3, 0.4) is 0 Å². The standard InChI is InChI=1S/C47H27N3O/c1-2-10-31(11-3-1)45-48-46(50-47(49-45)34-24-19-28-9-4-5-12-33(28)25-34)32-22-20-29(21-23-32)35-15-8-18-41-44(35)40-26-38-36-16-6-13-30-14-7-17-37(43(30)36)39(38)27-42(40)51-41/h1-27H. The molecular weight excluding hydrogens is 623 g/mol. The lowest BCUT2D eigenvalue weighted by molar-refractivity contribution is 0.669. The van der Waals surface area contributed by atoms with Crippen LogP contribution in [0.4, 0.5) is 0 Å². The topological polar surface area (TPSA) is 51.8 Å². The predicted molar refractivity (Wildman–Crippen MR) is 208 cm³/mol. The Balaban J connectivity index is 1.03. The van der Waals surface area contributed by atoms with E-state index in [2.05, 4.69) is 133 Å². The van der Waals surface area contributed by atoms with Crippen molar-refractivity contribution in [2.24, 2.45) is 0 Å². The summed E-state index contributed by atoms with van der Waals surface area (Å²) in [6, 6.07) is 57.4. The molecule has 11 rings (SSSR count). The van der Waals surface area contributed by atoms with Crippen LogP contribution in [0.15, 0.2) is 168 Å². The van der Waals surface area contributed by atoms with Gasteiger partial charge in [-0.05, 0) is 79.2 Å². The molecule has 0 fully saturated rings. The third-order valence-electron chi connectivity index (χ3n) is 10.2. The highest BCUT2D eigenvalue weighted by Crippen LogP contribution is 2.50.